The summed E-state index contributed by atoms with van der Waals surface area (Å²) in [5.74, 6) is 0.0744. The van der Waals surface area contributed by atoms with E-state index in [2.05, 4.69) is 0 Å². The van der Waals surface area contributed by atoms with Crippen LogP contribution in [0.4, 0.5) is 0 Å². The fourth-order valence-corrected chi connectivity index (χ4v) is 1.83. The molecule has 90 valence electrons. The monoisotopic (exact) mass is 240 g/mol. The van der Waals surface area contributed by atoms with Gasteiger partial charge in [-0.2, -0.15) is 0 Å². The molecule has 0 atom stereocenters. The molecule has 0 aliphatic carbocycles. The van der Waals surface area contributed by atoms with E-state index in [0.29, 0.717) is 12.0 Å². The van der Waals surface area contributed by atoms with Crippen molar-refractivity contribution in [1.82, 2.24) is 0 Å². The average Bonchev–Trinajstić information content (AvgIpc) is 2.37. The minimum Gasteiger partial charge on any atom is -0.426 e. The fraction of sp³-hybridized carbons (Fsp3) is 0.0667. The molecule has 0 bridgehead atoms. The van der Waals surface area contributed by atoms with E-state index >= 15 is 0 Å². The largest absolute Gasteiger partial charge is 0.426 e. The zero-order valence-corrected chi connectivity index (χ0v) is 9.92. The van der Waals surface area contributed by atoms with Crippen molar-refractivity contribution in [3.8, 4) is 5.75 Å². The van der Waals surface area contributed by atoms with Crippen LogP contribution in [0.3, 0.4) is 0 Å². The third kappa shape index (κ3) is 2.46. The lowest BCUT2D eigenvalue weighted by atomic mass is 10.0. The highest BCUT2D eigenvalue weighted by molar-refractivity contribution is 5.95. The van der Waals surface area contributed by atoms with E-state index in [1.54, 1.807) is 12.1 Å². The zero-order valence-electron chi connectivity index (χ0n) is 9.92. The number of carbonyl (C=O) groups is 2. The Morgan fingerprint density at radius 1 is 1.17 bits per heavy atom. The maximum atomic E-state index is 11.1. The Balaban J connectivity index is 2.66. The number of hydrogen-bond donors (Lipinski definition) is 0. The molecule has 0 spiro atoms. The summed E-state index contributed by atoms with van der Waals surface area (Å²) in [7, 11) is 0. The summed E-state index contributed by atoms with van der Waals surface area (Å²) in [6.07, 6.45) is 3.72. The summed E-state index contributed by atoms with van der Waals surface area (Å²) in [5, 5.41) is 1.97. The predicted molar refractivity (Wildman–Crippen MR) is 70.4 cm³/mol. The number of fused-ring (bicyclic) bond motifs is 1. The van der Waals surface area contributed by atoms with Crippen molar-refractivity contribution >= 4 is 29.1 Å². The smallest absolute Gasteiger partial charge is 0.308 e. The van der Waals surface area contributed by atoms with E-state index < -0.39 is 0 Å². The lowest BCUT2D eigenvalue weighted by Gasteiger charge is -2.09. The van der Waals surface area contributed by atoms with Crippen LogP contribution in [-0.4, -0.2) is 12.3 Å². The van der Waals surface area contributed by atoms with Crippen molar-refractivity contribution < 1.29 is 14.3 Å². The molecule has 18 heavy (non-hydrogen) atoms. The van der Waals surface area contributed by atoms with Crippen LogP contribution in [0.25, 0.3) is 16.8 Å². The molecule has 0 fully saturated rings. The van der Waals surface area contributed by atoms with E-state index in [0.717, 1.165) is 16.3 Å². The standard InChI is InChI=1S/C15H12O3/c1-11(17)18-15-9-8-12-5-2-3-6-13(12)14(15)7-4-10-16/h2-10H,1H3/b7-4-. The van der Waals surface area contributed by atoms with E-state index in [4.69, 9.17) is 4.74 Å². The van der Waals surface area contributed by atoms with Crippen LogP contribution in [0.2, 0.25) is 0 Å². The molecule has 0 aliphatic rings. The number of esters is 1. The lowest BCUT2D eigenvalue weighted by molar-refractivity contribution is -0.131. The van der Waals surface area contributed by atoms with Crippen LogP contribution in [0.15, 0.2) is 42.5 Å². The maximum Gasteiger partial charge on any atom is 0.308 e. The summed E-state index contributed by atoms with van der Waals surface area (Å²) in [4.78, 5) is 21.5. The van der Waals surface area contributed by atoms with Gasteiger partial charge in [0.2, 0.25) is 0 Å². The third-order valence-electron chi connectivity index (χ3n) is 2.53. The summed E-state index contributed by atoms with van der Waals surface area (Å²) < 4.78 is 5.14. The first-order chi connectivity index (χ1) is 8.72. The first kappa shape index (κ1) is 12.0. The highest BCUT2D eigenvalue weighted by Crippen LogP contribution is 2.29. The summed E-state index contributed by atoms with van der Waals surface area (Å²) >= 11 is 0. The molecule has 0 radical (unpaired) electrons. The van der Waals surface area contributed by atoms with Gasteiger partial charge >= 0.3 is 5.97 Å². The number of rotatable bonds is 3. The molecule has 0 saturated heterocycles. The van der Waals surface area contributed by atoms with Crippen molar-refractivity contribution in [2.75, 3.05) is 0 Å². The van der Waals surface area contributed by atoms with Gasteiger partial charge < -0.3 is 4.74 Å². The summed E-state index contributed by atoms with van der Waals surface area (Å²) in [5.41, 5.74) is 0.732. The molecule has 0 aliphatic heterocycles. The van der Waals surface area contributed by atoms with E-state index in [9.17, 15) is 9.59 Å². The minimum atomic E-state index is -0.383. The Labute approximate surface area is 105 Å². The summed E-state index contributed by atoms with van der Waals surface area (Å²) in [6.45, 7) is 1.35. The lowest BCUT2D eigenvalue weighted by Crippen LogP contribution is -2.02. The molecule has 0 heterocycles. The van der Waals surface area contributed by atoms with Crippen LogP contribution in [-0.2, 0) is 9.59 Å². The van der Waals surface area contributed by atoms with Crippen LogP contribution in [0.1, 0.15) is 12.5 Å². The maximum absolute atomic E-state index is 11.1. The van der Waals surface area contributed by atoms with Crippen molar-refractivity contribution in [3.05, 3.63) is 48.0 Å². The predicted octanol–water partition coefficient (Wildman–Crippen LogP) is 2.98. The van der Waals surface area contributed by atoms with E-state index in [-0.39, 0.29) is 5.97 Å². The number of aldehydes is 1. The van der Waals surface area contributed by atoms with Crippen molar-refractivity contribution in [2.24, 2.45) is 0 Å². The SMILES string of the molecule is CC(=O)Oc1ccc2ccccc2c1/C=C\C=O. The molecular formula is C15H12O3. The molecule has 0 N–H and O–H groups in total. The Bertz CT molecular complexity index is 627. The van der Waals surface area contributed by atoms with Gasteiger partial charge in [-0.05, 0) is 29.0 Å². The normalized spacial score (nSPS) is 10.7. The highest BCUT2D eigenvalue weighted by atomic mass is 16.5. The number of hydrogen-bond acceptors (Lipinski definition) is 3. The number of ether oxygens (including phenoxy) is 1. The number of allylic oxidation sites excluding steroid dienone is 1. The summed E-state index contributed by atoms with van der Waals surface area (Å²) in [6, 6.07) is 11.3. The fourth-order valence-electron chi connectivity index (χ4n) is 1.83. The molecule has 2 rings (SSSR count). The second-order valence-corrected chi connectivity index (χ2v) is 3.79. The van der Waals surface area contributed by atoms with Crippen molar-refractivity contribution in [2.45, 2.75) is 6.92 Å². The second kappa shape index (κ2) is 5.27. The van der Waals surface area contributed by atoms with Crippen LogP contribution in [0, 0.1) is 0 Å². The minimum absolute atomic E-state index is 0.383. The quantitative estimate of drug-likeness (QED) is 0.358. The van der Waals surface area contributed by atoms with Gasteiger partial charge in [0.15, 0.2) is 0 Å². The molecule has 0 amide bonds. The van der Waals surface area contributed by atoms with Gasteiger partial charge in [0.05, 0.1) is 0 Å². The molecule has 0 aromatic heterocycles. The Morgan fingerprint density at radius 2 is 1.94 bits per heavy atom. The Hall–Kier alpha value is -2.42. The third-order valence-corrected chi connectivity index (χ3v) is 2.53. The molecule has 3 nitrogen and oxygen atoms in total. The van der Waals surface area contributed by atoms with Crippen LogP contribution in [0.5, 0.6) is 5.75 Å². The van der Waals surface area contributed by atoms with Gasteiger partial charge in [0.25, 0.3) is 0 Å². The van der Waals surface area contributed by atoms with Crippen molar-refractivity contribution in [3.63, 3.8) is 0 Å². The van der Waals surface area contributed by atoms with Gasteiger partial charge in [0, 0.05) is 12.5 Å². The first-order valence-electron chi connectivity index (χ1n) is 5.54. The van der Waals surface area contributed by atoms with Crippen LogP contribution < -0.4 is 4.74 Å². The van der Waals surface area contributed by atoms with E-state index in [1.807, 2.05) is 30.3 Å². The molecule has 3 heteroatoms. The first-order valence-corrected chi connectivity index (χ1v) is 5.54. The average molecular weight is 240 g/mol. The van der Waals surface area contributed by atoms with Crippen molar-refractivity contribution in [1.29, 1.82) is 0 Å². The van der Waals surface area contributed by atoms with Gasteiger partial charge in [-0.25, -0.2) is 0 Å². The Morgan fingerprint density at radius 3 is 2.67 bits per heavy atom. The van der Waals surface area contributed by atoms with Gasteiger partial charge in [0.1, 0.15) is 12.0 Å². The highest BCUT2D eigenvalue weighted by Gasteiger charge is 2.07. The number of carbonyl (C=O) groups excluding carboxylic acids is 2. The Kier molecular flexibility index (Phi) is 3.53. The molecule has 2 aromatic carbocycles. The van der Waals surface area contributed by atoms with Gasteiger partial charge in [-0.1, -0.05) is 30.3 Å². The molecule has 0 unspecified atom stereocenters. The molecular weight excluding hydrogens is 228 g/mol. The zero-order chi connectivity index (χ0) is 13.0. The van der Waals surface area contributed by atoms with Crippen LogP contribution >= 0.6 is 0 Å². The van der Waals surface area contributed by atoms with Gasteiger partial charge in [-0.15, -0.1) is 0 Å². The van der Waals surface area contributed by atoms with Gasteiger partial charge in [-0.3, -0.25) is 9.59 Å². The number of benzene rings is 2. The second-order valence-electron chi connectivity index (χ2n) is 3.79. The molecule has 0 saturated carbocycles. The topological polar surface area (TPSA) is 43.4 Å². The van der Waals surface area contributed by atoms with E-state index in [1.165, 1.54) is 13.0 Å². The molecule has 2 aromatic rings.